The van der Waals surface area contributed by atoms with Crippen molar-refractivity contribution < 1.29 is 18.3 Å². The van der Waals surface area contributed by atoms with E-state index in [0.29, 0.717) is 32.1 Å². The molecule has 1 fully saturated rings. The molecule has 3 heterocycles. The molecule has 0 saturated carbocycles. The molecular formula is C23H28F2N6O2. The number of aromatic nitrogens is 3. The van der Waals surface area contributed by atoms with Crippen LogP contribution in [0.5, 0.6) is 0 Å². The maximum Gasteiger partial charge on any atom is 0.320 e. The van der Waals surface area contributed by atoms with Gasteiger partial charge in [0.15, 0.2) is 11.6 Å². The minimum absolute atomic E-state index is 0.325. The third-order valence-corrected chi connectivity index (χ3v) is 6.02. The number of carbonyl (C=O) groups excluding carboxylic acids is 1. The van der Waals surface area contributed by atoms with E-state index in [2.05, 4.69) is 20.6 Å². The molecule has 0 aliphatic carbocycles. The van der Waals surface area contributed by atoms with Crippen molar-refractivity contribution in [1.29, 1.82) is 0 Å². The summed E-state index contributed by atoms with van der Waals surface area (Å²) >= 11 is 0. The summed E-state index contributed by atoms with van der Waals surface area (Å²) in [7, 11) is 1.62. The standard InChI is InChI=1S/C23H28F2N6O2/c1-15-16(2)28-31(17-7-5-4-6-8-17)22(15)27-23(32)26-20-13-29(9-10-33-3)14-21(20)30-11-18(24)19(25)12-30/h4-8,11-12,20-21H,9-10,13-14H2,1-3H3,(H2,26,27,32)/t20-,21-/m1/s1. The van der Waals surface area contributed by atoms with E-state index in [0.717, 1.165) is 29.3 Å². The van der Waals surface area contributed by atoms with Gasteiger partial charge in [0, 0.05) is 44.7 Å². The molecule has 176 valence electrons. The van der Waals surface area contributed by atoms with Crippen molar-refractivity contribution in [3.8, 4) is 5.69 Å². The molecule has 1 aliphatic rings. The fourth-order valence-electron chi connectivity index (χ4n) is 4.15. The highest BCUT2D eigenvalue weighted by atomic mass is 19.2. The van der Waals surface area contributed by atoms with Crippen molar-refractivity contribution in [2.45, 2.75) is 25.9 Å². The minimum Gasteiger partial charge on any atom is -0.383 e. The number of para-hydroxylation sites is 1. The molecule has 0 radical (unpaired) electrons. The second kappa shape index (κ2) is 9.72. The SMILES string of the molecule is COCCN1C[C@@H](n2cc(F)c(F)c2)[C@H](NC(=O)Nc2c(C)c(C)nn2-c2ccccc2)C1. The average molecular weight is 459 g/mol. The highest BCUT2D eigenvalue weighted by Crippen LogP contribution is 2.26. The number of nitrogens with one attached hydrogen (secondary N) is 2. The first-order valence-corrected chi connectivity index (χ1v) is 10.8. The largest absolute Gasteiger partial charge is 0.383 e. The zero-order valence-corrected chi connectivity index (χ0v) is 18.9. The van der Waals surface area contributed by atoms with Gasteiger partial charge >= 0.3 is 6.03 Å². The molecule has 2 atom stereocenters. The molecule has 1 saturated heterocycles. The lowest BCUT2D eigenvalue weighted by Gasteiger charge is -2.22. The Bertz CT molecular complexity index is 1090. The number of ether oxygens (including phenoxy) is 1. The van der Waals surface area contributed by atoms with E-state index < -0.39 is 17.7 Å². The van der Waals surface area contributed by atoms with Gasteiger partial charge in [0.05, 0.1) is 30.1 Å². The summed E-state index contributed by atoms with van der Waals surface area (Å²) in [5.74, 6) is -1.25. The number of amides is 2. The van der Waals surface area contributed by atoms with Crippen molar-refractivity contribution in [2.75, 3.05) is 38.7 Å². The number of carbonyl (C=O) groups is 1. The van der Waals surface area contributed by atoms with Crippen LogP contribution in [0, 0.1) is 25.5 Å². The van der Waals surface area contributed by atoms with Crippen LogP contribution >= 0.6 is 0 Å². The Morgan fingerprint density at radius 3 is 2.52 bits per heavy atom. The minimum atomic E-state index is -0.911. The molecule has 2 aromatic heterocycles. The van der Waals surface area contributed by atoms with Gasteiger partial charge in [-0.1, -0.05) is 18.2 Å². The van der Waals surface area contributed by atoms with E-state index in [9.17, 15) is 13.6 Å². The maximum absolute atomic E-state index is 13.7. The second-order valence-electron chi connectivity index (χ2n) is 8.23. The fourth-order valence-corrected chi connectivity index (χ4v) is 4.15. The van der Waals surface area contributed by atoms with Gasteiger partial charge in [-0.3, -0.25) is 10.2 Å². The van der Waals surface area contributed by atoms with Crippen LogP contribution in [-0.2, 0) is 4.74 Å². The molecule has 3 aromatic rings. The number of aryl methyl sites for hydroxylation is 1. The highest BCUT2D eigenvalue weighted by Gasteiger charge is 2.35. The van der Waals surface area contributed by atoms with Gasteiger partial charge in [-0.15, -0.1) is 0 Å². The predicted octanol–water partition coefficient (Wildman–Crippen LogP) is 3.26. The zero-order valence-electron chi connectivity index (χ0n) is 18.9. The van der Waals surface area contributed by atoms with Crippen LogP contribution in [0.2, 0.25) is 0 Å². The molecule has 4 rings (SSSR count). The molecular weight excluding hydrogens is 430 g/mol. The first kappa shape index (κ1) is 22.9. The monoisotopic (exact) mass is 458 g/mol. The highest BCUT2D eigenvalue weighted by molar-refractivity contribution is 5.90. The normalized spacial score (nSPS) is 18.6. The summed E-state index contributed by atoms with van der Waals surface area (Å²) in [6, 6.07) is 8.44. The number of halogens is 2. The number of hydrogen-bond donors (Lipinski definition) is 2. The van der Waals surface area contributed by atoms with Crippen molar-refractivity contribution in [3.63, 3.8) is 0 Å². The van der Waals surface area contributed by atoms with E-state index in [1.807, 2.05) is 44.2 Å². The lowest BCUT2D eigenvalue weighted by Crippen LogP contribution is -2.43. The summed E-state index contributed by atoms with van der Waals surface area (Å²) in [5, 5.41) is 10.5. The summed E-state index contributed by atoms with van der Waals surface area (Å²) in [5.41, 5.74) is 2.48. The van der Waals surface area contributed by atoms with Crippen LogP contribution in [0.4, 0.5) is 19.4 Å². The number of benzene rings is 1. The van der Waals surface area contributed by atoms with Crippen molar-refractivity contribution >= 4 is 11.8 Å². The Morgan fingerprint density at radius 1 is 1.15 bits per heavy atom. The molecule has 0 unspecified atom stereocenters. The Balaban J connectivity index is 1.53. The number of nitrogens with zero attached hydrogens (tertiary/aromatic N) is 4. The van der Waals surface area contributed by atoms with Crippen molar-refractivity contribution in [2.24, 2.45) is 0 Å². The van der Waals surface area contributed by atoms with Gasteiger partial charge in [-0.25, -0.2) is 18.3 Å². The maximum atomic E-state index is 13.7. The second-order valence-corrected chi connectivity index (χ2v) is 8.23. The summed E-state index contributed by atoms with van der Waals surface area (Å²) in [4.78, 5) is 15.1. The molecule has 10 heteroatoms. The quantitative estimate of drug-likeness (QED) is 0.570. The molecule has 2 amide bonds. The third kappa shape index (κ3) is 4.91. The lowest BCUT2D eigenvalue weighted by atomic mass is 10.2. The summed E-state index contributed by atoms with van der Waals surface area (Å²) in [6.07, 6.45) is 2.26. The average Bonchev–Trinajstić information content (AvgIpc) is 3.44. The number of urea groups is 1. The van der Waals surface area contributed by atoms with Gasteiger partial charge in [0.1, 0.15) is 5.82 Å². The van der Waals surface area contributed by atoms with E-state index in [1.165, 1.54) is 4.57 Å². The van der Waals surface area contributed by atoms with Crippen LogP contribution in [0.3, 0.4) is 0 Å². The molecule has 1 aliphatic heterocycles. The Morgan fingerprint density at radius 2 is 1.85 bits per heavy atom. The van der Waals surface area contributed by atoms with Crippen LogP contribution in [0.1, 0.15) is 17.3 Å². The fraction of sp³-hybridized carbons (Fsp3) is 0.391. The summed E-state index contributed by atoms with van der Waals surface area (Å²) < 4.78 is 35.7. The van der Waals surface area contributed by atoms with Crippen molar-refractivity contribution in [3.05, 3.63) is 65.6 Å². The van der Waals surface area contributed by atoms with Crippen LogP contribution in [0.15, 0.2) is 42.7 Å². The number of hydrogen-bond acceptors (Lipinski definition) is 4. The van der Waals surface area contributed by atoms with Gasteiger partial charge in [-0.2, -0.15) is 5.10 Å². The Labute approximate surface area is 191 Å². The number of anilines is 1. The van der Waals surface area contributed by atoms with Crippen LogP contribution in [-0.4, -0.2) is 64.7 Å². The predicted molar refractivity (Wildman–Crippen MR) is 121 cm³/mol. The lowest BCUT2D eigenvalue weighted by molar-refractivity contribution is 0.158. The molecule has 0 bridgehead atoms. The smallest absolute Gasteiger partial charge is 0.320 e. The molecule has 0 spiro atoms. The first-order chi connectivity index (χ1) is 15.9. The van der Waals surface area contributed by atoms with Gasteiger partial charge < -0.3 is 14.6 Å². The van der Waals surface area contributed by atoms with Gasteiger partial charge in [0.25, 0.3) is 0 Å². The molecule has 2 N–H and O–H groups in total. The zero-order chi connectivity index (χ0) is 23.5. The van der Waals surface area contributed by atoms with Crippen LogP contribution < -0.4 is 10.6 Å². The number of methoxy groups -OCH3 is 1. The first-order valence-electron chi connectivity index (χ1n) is 10.8. The van der Waals surface area contributed by atoms with E-state index in [1.54, 1.807) is 11.8 Å². The Hall–Kier alpha value is -3.24. The van der Waals surface area contributed by atoms with Gasteiger partial charge in [-0.05, 0) is 26.0 Å². The van der Waals surface area contributed by atoms with Gasteiger partial charge in [0.2, 0.25) is 0 Å². The Kier molecular flexibility index (Phi) is 6.75. The summed E-state index contributed by atoms with van der Waals surface area (Å²) in [6.45, 7) is 6.01. The van der Waals surface area contributed by atoms with Crippen LogP contribution in [0.25, 0.3) is 5.69 Å². The van der Waals surface area contributed by atoms with E-state index in [4.69, 9.17) is 4.74 Å². The molecule has 8 nitrogen and oxygen atoms in total. The van der Waals surface area contributed by atoms with Crippen molar-refractivity contribution in [1.82, 2.24) is 24.6 Å². The molecule has 33 heavy (non-hydrogen) atoms. The van der Waals surface area contributed by atoms with E-state index in [-0.39, 0.29) is 12.1 Å². The topological polar surface area (TPSA) is 76.3 Å². The number of rotatable bonds is 7. The molecule has 1 aromatic carbocycles. The third-order valence-electron chi connectivity index (χ3n) is 6.02. The van der Waals surface area contributed by atoms with E-state index >= 15 is 0 Å². The number of likely N-dealkylation sites (tertiary alicyclic amines) is 1.